The van der Waals surface area contributed by atoms with Crippen molar-refractivity contribution in [1.82, 2.24) is 4.98 Å². The van der Waals surface area contributed by atoms with E-state index in [1.807, 2.05) is 11.3 Å². The van der Waals surface area contributed by atoms with E-state index in [2.05, 4.69) is 53.6 Å². The van der Waals surface area contributed by atoms with Gasteiger partial charge in [0.15, 0.2) is 0 Å². The second-order valence-corrected chi connectivity index (χ2v) is 7.42. The molecule has 1 N–H and O–H groups in total. The van der Waals surface area contributed by atoms with Gasteiger partial charge in [-0.15, -0.1) is 11.3 Å². The summed E-state index contributed by atoms with van der Waals surface area (Å²) in [5.74, 6) is 1.30. The van der Waals surface area contributed by atoms with Crippen molar-refractivity contribution in [1.29, 1.82) is 0 Å². The quantitative estimate of drug-likeness (QED) is 0.868. The topological polar surface area (TPSA) is 24.9 Å². The van der Waals surface area contributed by atoms with Crippen LogP contribution in [-0.4, -0.2) is 17.3 Å². The summed E-state index contributed by atoms with van der Waals surface area (Å²) in [5.41, 5.74) is 3.73. The van der Waals surface area contributed by atoms with E-state index in [4.69, 9.17) is 4.98 Å². The average Bonchev–Trinajstić information content (AvgIpc) is 3.11. The number of rotatable bonds is 5. The van der Waals surface area contributed by atoms with Crippen LogP contribution >= 0.6 is 23.1 Å². The number of thiazole rings is 1. The first-order chi connectivity index (χ1) is 9.81. The summed E-state index contributed by atoms with van der Waals surface area (Å²) in [6.45, 7) is 3.06. The molecule has 1 aliphatic heterocycles. The van der Waals surface area contributed by atoms with Crippen molar-refractivity contribution >= 4 is 28.8 Å². The van der Waals surface area contributed by atoms with Gasteiger partial charge in [-0.05, 0) is 37.7 Å². The van der Waals surface area contributed by atoms with Gasteiger partial charge < -0.3 is 5.32 Å². The molecule has 1 saturated heterocycles. The molecule has 1 aromatic heterocycles. The molecule has 0 aliphatic carbocycles. The van der Waals surface area contributed by atoms with Gasteiger partial charge in [0.25, 0.3) is 0 Å². The van der Waals surface area contributed by atoms with Gasteiger partial charge in [-0.3, -0.25) is 0 Å². The largest absolute Gasteiger partial charge is 0.385 e. The van der Waals surface area contributed by atoms with Crippen LogP contribution in [0.15, 0.2) is 29.6 Å². The first-order valence-corrected chi connectivity index (χ1v) is 9.10. The zero-order valence-corrected chi connectivity index (χ0v) is 13.4. The normalized spacial score (nSPS) is 18.4. The maximum atomic E-state index is 4.80. The van der Waals surface area contributed by atoms with Crippen molar-refractivity contribution in [3.8, 4) is 0 Å². The molecule has 0 bridgehead atoms. The number of nitrogens with zero attached hydrogens (tertiary/aromatic N) is 1. The summed E-state index contributed by atoms with van der Waals surface area (Å²) in [7, 11) is 0. The van der Waals surface area contributed by atoms with Crippen LogP contribution < -0.4 is 5.32 Å². The Morgan fingerprint density at radius 3 is 2.90 bits per heavy atom. The molecule has 2 aromatic rings. The third kappa shape index (κ3) is 3.55. The van der Waals surface area contributed by atoms with Crippen LogP contribution in [0.5, 0.6) is 0 Å². The summed E-state index contributed by atoms with van der Waals surface area (Å²) in [4.78, 5) is 4.80. The summed E-state index contributed by atoms with van der Waals surface area (Å²) >= 11 is 3.90. The van der Waals surface area contributed by atoms with Gasteiger partial charge >= 0.3 is 0 Å². The maximum absolute atomic E-state index is 4.80. The van der Waals surface area contributed by atoms with Gasteiger partial charge in [0, 0.05) is 24.0 Å². The van der Waals surface area contributed by atoms with Crippen LogP contribution in [0, 0.1) is 6.92 Å². The monoisotopic (exact) mass is 304 g/mol. The fraction of sp³-hybridized carbons (Fsp3) is 0.438. The van der Waals surface area contributed by atoms with E-state index in [-0.39, 0.29) is 0 Å². The molecule has 106 valence electrons. The van der Waals surface area contributed by atoms with Crippen molar-refractivity contribution in [2.75, 3.05) is 17.6 Å². The zero-order valence-electron chi connectivity index (χ0n) is 11.8. The molecule has 1 unspecified atom stereocenters. The first kappa shape index (κ1) is 14.0. The molecule has 0 amide bonds. The minimum atomic E-state index is 0.666. The smallest absolute Gasteiger partial charge is 0.106 e. The molecule has 0 spiro atoms. The average molecular weight is 304 g/mol. The van der Waals surface area contributed by atoms with Crippen LogP contribution in [0.4, 0.5) is 5.69 Å². The molecule has 3 rings (SSSR count). The van der Waals surface area contributed by atoms with Gasteiger partial charge in [0.1, 0.15) is 5.01 Å². The van der Waals surface area contributed by atoms with Crippen molar-refractivity contribution < 1.29 is 0 Å². The highest BCUT2D eigenvalue weighted by atomic mass is 32.2. The maximum Gasteiger partial charge on any atom is 0.106 e. The number of benzene rings is 1. The molecular formula is C16H20N2S2. The van der Waals surface area contributed by atoms with Crippen molar-refractivity contribution in [3.63, 3.8) is 0 Å². The lowest BCUT2D eigenvalue weighted by Crippen LogP contribution is -2.05. The van der Waals surface area contributed by atoms with E-state index in [0.717, 1.165) is 13.0 Å². The Labute approximate surface area is 129 Å². The van der Waals surface area contributed by atoms with Crippen LogP contribution in [0.25, 0.3) is 0 Å². The summed E-state index contributed by atoms with van der Waals surface area (Å²) < 4.78 is 0. The highest BCUT2D eigenvalue weighted by Crippen LogP contribution is 2.40. The molecule has 0 saturated carbocycles. The SMILES string of the molecule is Cc1ccc(NCCc2csc(C3CCCS3)n2)cc1. The fourth-order valence-corrected chi connectivity index (χ4v) is 4.75. The molecule has 20 heavy (non-hydrogen) atoms. The molecule has 2 heterocycles. The number of aryl methyl sites for hydroxylation is 1. The Hall–Kier alpha value is -1.00. The molecular weight excluding hydrogens is 284 g/mol. The second kappa shape index (κ2) is 6.64. The van der Waals surface area contributed by atoms with E-state index in [1.54, 1.807) is 0 Å². The predicted molar refractivity (Wildman–Crippen MR) is 89.9 cm³/mol. The molecule has 0 radical (unpaired) electrons. The molecule has 1 aromatic carbocycles. The Balaban J connectivity index is 1.49. The number of hydrogen-bond acceptors (Lipinski definition) is 4. The van der Waals surface area contributed by atoms with Crippen LogP contribution in [0.1, 0.15) is 34.4 Å². The number of aromatic nitrogens is 1. The van der Waals surface area contributed by atoms with Crippen LogP contribution in [0.3, 0.4) is 0 Å². The third-order valence-electron chi connectivity index (χ3n) is 3.54. The van der Waals surface area contributed by atoms with Crippen molar-refractivity contribution in [3.05, 3.63) is 45.9 Å². The number of hydrogen-bond donors (Lipinski definition) is 1. The number of nitrogens with one attached hydrogen (secondary N) is 1. The Morgan fingerprint density at radius 2 is 2.15 bits per heavy atom. The van der Waals surface area contributed by atoms with Gasteiger partial charge in [-0.2, -0.15) is 11.8 Å². The molecule has 4 heteroatoms. The fourth-order valence-electron chi connectivity index (χ4n) is 2.36. The number of anilines is 1. The Bertz CT molecular complexity index is 542. The van der Waals surface area contributed by atoms with E-state index in [9.17, 15) is 0 Å². The summed E-state index contributed by atoms with van der Waals surface area (Å²) in [6.07, 6.45) is 3.65. The van der Waals surface area contributed by atoms with Crippen LogP contribution in [0.2, 0.25) is 0 Å². The molecule has 1 aliphatic rings. The number of thioether (sulfide) groups is 1. The molecule has 1 atom stereocenters. The zero-order chi connectivity index (χ0) is 13.8. The lowest BCUT2D eigenvalue weighted by molar-refractivity contribution is 0.815. The lowest BCUT2D eigenvalue weighted by atomic mass is 10.2. The summed E-state index contributed by atoms with van der Waals surface area (Å²) in [5, 5.41) is 7.68. The van der Waals surface area contributed by atoms with Crippen molar-refractivity contribution in [2.45, 2.75) is 31.4 Å². The molecule has 1 fully saturated rings. The predicted octanol–water partition coefficient (Wildman–Crippen LogP) is 4.67. The minimum absolute atomic E-state index is 0.666. The van der Waals surface area contributed by atoms with E-state index in [0.29, 0.717) is 5.25 Å². The highest BCUT2D eigenvalue weighted by molar-refractivity contribution is 7.99. The van der Waals surface area contributed by atoms with Gasteiger partial charge in [0.05, 0.1) is 10.9 Å². The van der Waals surface area contributed by atoms with E-state index >= 15 is 0 Å². The summed E-state index contributed by atoms with van der Waals surface area (Å²) in [6, 6.07) is 8.55. The van der Waals surface area contributed by atoms with Gasteiger partial charge in [-0.1, -0.05) is 17.7 Å². The Kier molecular flexibility index (Phi) is 4.63. The van der Waals surface area contributed by atoms with Crippen LogP contribution in [-0.2, 0) is 6.42 Å². The van der Waals surface area contributed by atoms with Gasteiger partial charge in [0.2, 0.25) is 0 Å². The minimum Gasteiger partial charge on any atom is -0.385 e. The van der Waals surface area contributed by atoms with Crippen molar-refractivity contribution in [2.24, 2.45) is 0 Å². The van der Waals surface area contributed by atoms with E-state index in [1.165, 1.54) is 40.5 Å². The first-order valence-electron chi connectivity index (χ1n) is 7.18. The Morgan fingerprint density at radius 1 is 1.30 bits per heavy atom. The standard InChI is InChI=1S/C16H20N2S2/c1-12-4-6-13(7-5-12)17-9-8-14-11-20-16(18-14)15-3-2-10-19-15/h4-7,11,15,17H,2-3,8-10H2,1H3. The third-order valence-corrected chi connectivity index (χ3v) is 6.08. The van der Waals surface area contributed by atoms with E-state index < -0.39 is 0 Å². The van der Waals surface area contributed by atoms with Gasteiger partial charge in [-0.25, -0.2) is 4.98 Å². The molecule has 2 nitrogen and oxygen atoms in total. The highest BCUT2D eigenvalue weighted by Gasteiger charge is 2.20. The second-order valence-electron chi connectivity index (χ2n) is 5.22. The lowest BCUT2D eigenvalue weighted by Gasteiger charge is -2.05.